The van der Waals surface area contributed by atoms with E-state index in [-0.39, 0.29) is 11.0 Å². The van der Waals surface area contributed by atoms with Crippen molar-refractivity contribution in [2.75, 3.05) is 20.2 Å². The van der Waals surface area contributed by atoms with Crippen molar-refractivity contribution in [3.05, 3.63) is 11.7 Å². The highest BCUT2D eigenvalue weighted by atomic mass is 16.5. The standard InChI is InChI=1S/C16H27N3O2/c1-12-5-8-16(20-3,9-6-12)13-18-14(21-19-13)15(2)7-4-10-17-11-15/h12,17H,4-11H2,1-3H3. The molecule has 1 saturated heterocycles. The maximum atomic E-state index is 5.85. The van der Waals surface area contributed by atoms with Crippen molar-refractivity contribution in [1.29, 1.82) is 0 Å². The zero-order valence-electron chi connectivity index (χ0n) is 13.4. The van der Waals surface area contributed by atoms with Gasteiger partial charge in [0.1, 0.15) is 5.60 Å². The van der Waals surface area contributed by atoms with Gasteiger partial charge in [0, 0.05) is 13.7 Å². The third-order valence-corrected chi connectivity index (χ3v) is 5.42. The summed E-state index contributed by atoms with van der Waals surface area (Å²) in [5, 5.41) is 7.72. The number of piperidine rings is 1. The lowest BCUT2D eigenvalue weighted by Gasteiger charge is -2.35. The van der Waals surface area contributed by atoms with Crippen LogP contribution in [0.1, 0.15) is 64.1 Å². The summed E-state index contributed by atoms with van der Waals surface area (Å²) < 4.78 is 11.5. The zero-order chi connectivity index (χ0) is 14.9. The minimum absolute atomic E-state index is 0.0413. The van der Waals surface area contributed by atoms with E-state index in [4.69, 9.17) is 14.2 Å². The molecule has 2 heterocycles. The fourth-order valence-electron chi connectivity index (χ4n) is 3.64. The number of ether oxygens (including phenoxy) is 1. The van der Waals surface area contributed by atoms with Gasteiger partial charge < -0.3 is 14.6 Å². The number of aromatic nitrogens is 2. The van der Waals surface area contributed by atoms with Gasteiger partial charge in [-0.2, -0.15) is 4.98 Å². The second kappa shape index (κ2) is 5.69. The summed E-state index contributed by atoms with van der Waals surface area (Å²) in [6, 6.07) is 0. The molecule has 2 aliphatic rings. The Labute approximate surface area is 126 Å². The highest BCUT2D eigenvalue weighted by Gasteiger charge is 2.42. The molecule has 5 heteroatoms. The summed E-state index contributed by atoms with van der Waals surface area (Å²) in [6.45, 7) is 6.50. The van der Waals surface area contributed by atoms with Gasteiger partial charge in [0.15, 0.2) is 0 Å². The molecular weight excluding hydrogens is 266 g/mol. The first kappa shape index (κ1) is 15.0. The molecule has 1 aromatic heterocycles. The Kier molecular flexibility index (Phi) is 4.06. The van der Waals surface area contributed by atoms with Crippen molar-refractivity contribution in [3.8, 4) is 0 Å². The van der Waals surface area contributed by atoms with E-state index in [1.54, 1.807) is 7.11 Å². The first-order chi connectivity index (χ1) is 10.1. The predicted molar refractivity (Wildman–Crippen MR) is 80.1 cm³/mol. The van der Waals surface area contributed by atoms with E-state index in [2.05, 4.69) is 24.3 Å². The first-order valence-corrected chi connectivity index (χ1v) is 8.19. The second-order valence-corrected chi connectivity index (χ2v) is 7.15. The summed E-state index contributed by atoms with van der Waals surface area (Å²) in [7, 11) is 1.77. The van der Waals surface area contributed by atoms with E-state index < -0.39 is 0 Å². The van der Waals surface area contributed by atoms with Crippen molar-refractivity contribution in [1.82, 2.24) is 15.5 Å². The number of hydrogen-bond donors (Lipinski definition) is 1. The fraction of sp³-hybridized carbons (Fsp3) is 0.875. The Morgan fingerprint density at radius 1 is 1.29 bits per heavy atom. The fourth-order valence-corrected chi connectivity index (χ4v) is 3.64. The summed E-state index contributed by atoms with van der Waals surface area (Å²) in [6.07, 6.45) is 6.55. The minimum Gasteiger partial charge on any atom is -0.370 e. The van der Waals surface area contributed by atoms with E-state index in [9.17, 15) is 0 Å². The molecule has 21 heavy (non-hydrogen) atoms. The first-order valence-electron chi connectivity index (χ1n) is 8.19. The maximum absolute atomic E-state index is 5.85. The molecule has 0 aromatic carbocycles. The molecule has 0 spiro atoms. The molecule has 1 aromatic rings. The second-order valence-electron chi connectivity index (χ2n) is 7.15. The predicted octanol–water partition coefficient (Wildman–Crippen LogP) is 2.76. The third-order valence-electron chi connectivity index (χ3n) is 5.42. The van der Waals surface area contributed by atoms with Crippen LogP contribution in [-0.4, -0.2) is 30.3 Å². The summed E-state index contributed by atoms with van der Waals surface area (Å²) in [5.74, 6) is 2.28. The molecule has 5 nitrogen and oxygen atoms in total. The summed E-state index contributed by atoms with van der Waals surface area (Å²) >= 11 is 0. The Hall–Kier alpha value is -0.940. The van der Waals surface area contributed by atoms with Crippen LogP contribution in [0.5, 0.6) is 0 Å². The van der Waals surface area contributed by atoms with Gasteiger partial charge in [0.25, 0.3) is 0 Å². The third kappa shape index (κ3) is 2.73. The summed E-state index contributed by atoms with van der Waals surface area (Å²) in [5.41, 5.74) is -0.382. The Morgan fingerprint density at radius 3 is 2.67 bits per heavy atom. The van der Waals surface area contributed by atoms with Crippen LogP contribution < -0.4 is 5.32 Å². The van der Waals surface area contributed by atoms with Crippen molar-refractivity contribution < 1.29 is 9.26 Å². The van der Waals surface area contributed by atoms with Gasteiger partial charge in [-0.3, -0.25) is 0 Å². The van der Waals surface area contributed by atoms with E-state index in [0.29, 0.717) is 0 Å². The molecule has 3 rings (SSSR count). The van der Waals surface area contributed by atoms with E-state index in [1.165, 1.54) is 0 Å². The van der Waals surface area contributed by atoms with Crippen LogP contribution in [0.15, 0.2) is 4.52 Å². The van der Waals surface area contributed by atoms with E-state index >= 15 is 0 Å². The van der Waals surface area contributed by atoms with Gasteiger partial charge in [-0.05, 0) is 57.9 Å². The Bertz CT molecular complexity index is 472. The lowest BCUT2D eigenvalue weighted by Crippen LogP contribution is -2.41. The number of methoxy groups -OCH3 is 1. The van der Waals surface area contributed by atoms with Gasteiger partial charge >= 0.3 is 0 Å². The number of hydrogen-bond acceptors (Lipinski definition) is 5. The van der Waals surface area contributed by atoms with Gasteiger partial charge in [0.05, 0.1) is 5.41 Å². The SMILES string of the molecule is COC1(c2noc(C3(C)CCCNC3)n2)CCC(C)CC1. The highest BCUT2D eigenvalue weighted by molar-refractivity contribution is 5.10. The van der Waals surface area contributed by atoms with Crippen LogP contribution in [0.2, 0.25) is 0 Å². The molecule has 1 aliphatic heterocycles. The molecule has 2 fully saturated rings. The minimum atomic E-state index is -0.341. The molecule has 1 N–H and O–H groups in total. The van der Waals surface area contributed by atoms with Crippen LogP contribution in [0.4, 0.5) is 0 Å². The van der Waals surface area contributed by atoms with Crippen LogP contribution >= 0.6 is 0 Å². The quantitative estimate of drug-likeness (QED) is 0.928. The molecule has 1 saturated carbocycles. The van der Waals surface area contributed by atoms with Crippen LogP contribution in [0, 0.1) is 5.92 Å². The maximum Gasteiger partial charge on any atom is 0.233 e. The molecule has 1 aliphatic carbocycles. The number of rotatable bonds is 3. The van der Waals surface area contributed by atoms with Gasteiger partial charge in [-0.1, -0.05) is 12.1 Å². The van der Waals surface area contributed by atoms with Crippen LogP contribution in [-0.2, 0) is 15.8 Å². The molecule has 118 valence electrons. The highest BCUT2D eigenvalue weighted by Crippen LogP contribution is 2.41. The number of nitrogens with zero attached hydrogens (tertiary/aromatic N) is 2. The van der Waals surface area contributed by atoms with Gasteiger partial charge in [-0.15, -0.1) is 0 Å². The topological polar surface area (TPSA) is 60.2 Å². The van der Waals surface area contributed by atoms with Crippen molar-refractivity contribution in [3.63, 3.8) is 0 Å². The average molecular weight is 293 g/mol. The Morgan fingerprint density at radius 2 is 2.05 bits per heavy atom. The molecule has 1 atom stereocenters. The zero-order valence-corrected chi connectivity index (χ0v) is 13.4. The molecule has 0 radical (unpaired) electrons. The smallest absolute Gasteiger partial charge is 0.233 e. The average Bonchev–Trinajstić information content (AvgIpc) is 3.01. The lowest BCUT2D eigenvalue weighted by molar-refractivity contribution is -0.0609. The van der Waals surface area contributed by atoms with Crippen molar-refractivity contribution >= 4 is 0 Å². The number of nitrogens with one attached hydrogen (secondary N) is 1. The lowest BCUT2D eigenvalue weighted by atomic mass is 9.78. The molecular formula is C16H27N3O2. The monoisotopic (exact) mass is 293 g/mol. The van der Waals surface area contributed by atoms with Crippen molar-refractivity contribution in [2.45, 2.75) is 63.4 Å². The molecule has 0 bridgehead atoms. The largest absolute Gasteiger partial charge is 0.370 e. The van der Waals surface area contributed by atoms with Crippen molar-refractivity contribution in [2.24, 2.45) is 5.92 Å². The summed E-state index contributed by atoms with van der Waals surface area (Å²) in [4.78, 5) is 4.75. The van der Waals surface area contributed by atoms with E-state index in [0.717, 1.165) is 69.2 Å². The van der Waals surface area contributed by atoms with Crippen LogP contribution in [0.25, 0.3) is 0 Å². The molecule has 1 unspecified atom stereocenters. The van der Waals surface area contributed by atoms with E-state index in [1.807, 2.05) is 0 Å². The van der Waals surface area contributed by atoms with Crippen LogP contribution in [0.3, 0.4) is 0 Å². The molecule has 0 amide bonds. The van der Waals surface area contributed by atoms with Gasteiger partial charge in [-0.25, -0.2) is 0 Å². The van der Waals surface area contributed by atoms with Gasteiger partial charge in [0.2, 0.25) is 11.7 Å². The Balaban J connectivity index is 1.83. The normalized spacial score (nSPS) is 37.6.